The van der Waals surface area contributed by atoms with Crippen molar-refractivity contribution >= 4 is 11.7 Å². The molecule has 0 aromatic rings. The van der Waals surface area contributed by atoms with Crippen LogP contribution in [0, 0.1) is 11.8 Å². The van der Waals surface area contributed by atoms with Crippen LogP contribution >= 0.6 is 0 Å². The lowest BCUT2D eigenvalue weighted by atomic mass is 9.84. The van der Waals surface area contributed by atoms with E-state index in [1.54, 1.807) is 0 Å². The Bertz CT molecular complexity index is 722. The molecule has 34 heavy (non-hydrogen) atoms. The Kier molecular flexibility index (Phi) is 9.48. The minimum absolute atomic E-state index is 0.462. The van der Waals surface area contributed by atoms with Crippen LogP contribution in [0.15, 0.2) is 33.3 Å². The van der Waals surface area contributed by atoms with Gasteiger partial charge < -0.3 is 4.90 Å². The summed E-state index contributed by atoms with van der Waals surface area (Å²) in [5, 5.41) is 0. The number of guanidine groups is 1. The third-order valence-corrected chi connectivity index (χ3v) is 8.72. The predicted molar refractivity (Wildman–Crippen MR) is 148 cm³/mol. The lowest BCUT2D eigenvalue weighted by Crippen LogP contribution is -2.49. The first-order valence-electron chi connectivity index (χ1n) is 14.9. The molecule has 3 fully saturated rings. The maximum Gasteiger partial charge on any atom is 0.221 e. The molecule has 3 nitrogen and oxygen atoms in total. The van der Waals surface area contributed by atoms with Gasteiger partial charge >= 0.3 is 0 Å². The topological polar surface area (TPSA) is 28.0 Å². The van der Waals surface area contributed by atoms with Gasteiger partial charge in [-0.3, -0.25) is 0 Å². The maximum absolute atomic E-state index is 5.64. The second-order valence-corrected chi connectivity index (χ2v) is 12.0. The molecule has 0 bridgehead atoms. The summed E-state index contributed by atoms with van der Waals surface area (Å²) in [4.78, 5) is 14.0. The van der Waals surface area contributed by atoms with Crippen molar-refractivity contribution < 1.29 is 0 Å². The van der Waals surface area contributed by atoms with Crippen molar-refractivity contribution in [2.45, 2.75) is 149 Å². The number of hydrogen-bond acceptors (Lipinski definition) is 1. The van der Waals surface area contributed by atoms with Gasteiger partial charge in [0.25, 0.3) is 0 Å². The highest BCUT2D eigenvalue weighted by molar-refractivity contribution is 6.17. The second kappa shape index (κ2) is 12.5. The zero-order valence-electron chi connectivity index (χ0n) is 22.7. The van der Waals surface area contributed by atoms with Crippen molar-refractivity contribution in [1.82, 2.24) is 4.90 Å². The van der Waals surface area contributed by atoms with Gasteiger partial charge in [0, 0.05) is 12.1 Å². The zero-order chi connectivity index (χ0) is 23.9. The molecule has 4 aliphatic carbocycles. The molecule has 4 aliphatic rings. The Hall–Kier alpha value is -1.38. The van der Waals surface area contributed by atoms with E-state index >= 15 is 0 Å². The van der Waals surface area contributed by atoms with Crippen molar-refractivity contribution in [3.63, 3.8) is 0 Å². The van der Waals surface area contributed by atoms with Gasteiger partial charge in [-0.25, -0.2) is 9.98 Å². The number of allylic oxidation sites excluding steroid dienone is 4. The smallest absolute Gasteiger partial charge is 0.221 e. The molecule has 0 heterocycles. The van der Waals surface area contributed by atoms with Gasteiger partial charge in [0.2, 0.25) is 5.96 Å². The van der Waals surface area contributed by atoms with Crippen LogP contribution in [0.2, 0.25) is 0 Å². The largest absolute Gasteiger partial charge is 0.335 e. The van der Waals surface area contributed by atoms with Gasteiger partial charge in [-0.2, -0.15) is 0 Å². The number of rotatable bonds is 5. The Morgan fingerprint density at radius 2 is 1.12 bits per heavy atom. The van der Waals surface area contributed by atoms with Gasteiger partial charge in [0.1, 0.15) is 0 Å². The van der Waals surface area contributed by atoms with E-state index in [1.807, 2.05) is 0 Å². The minimum atomic E-state index is 0.462. The molecule has 0 aromatic carbocycles. The summed E-state index contributed by atoms with van der Waals surface area (Å²) in [6, 6.07) is 1.72. The Labute approximate surface area is 210 Å². The van der Waals surface area contributed by atoms with Gasteiger partial charge in [0.15, 0.2) is 0 Å². The average molecular weight is 466 g/mol. The molecular weight excluding hydrogens is 414 g/mol. The highest BCUT2D eigenvalue weighted by Gasteiger charge is 2.33. The molecule has 3 heteroatoms. The minimum Gasteiger partial charge on any atom is -0.335 e. The molecule has 0 spiro atoms. The van der Waals surface area contributed by atoms with E-state index in [2.05, 4.69) is 44.7 Å². The van der Waals surface area contributed by atoms with Crippen molar-refractivity contribution in [3.8, 4) is 0 Å². The first-order chi connectivity index (χ1) is 16.5. The molecule has 0 atom stereocenters. The standard InChI is InChI=1S/C31H51N3/c1-23(2)28-21-14-22-29(24(3)4)30(28)33-31(32-25-15-8-5-9-16-25)34(26-17-10-6-11-18-26)27-19-12-7-13-20-27/h21-27H,5-20H2,1-4H3. The van der Waals surface area contributed by atoms with Crippen LogP contribution in [-0.2, 0) is 0 Å². The quantitative estimate of drug-likeness (QED) is 0.295. The van der Waals surface area contributed by atoms with E-state index in [0.29, 0.717) is 30.0 Å². The second-order valence-electron chi connectivity index (χ2n) is 12.0. The summed E-state index contributed by atoms with van der Waals surface area (Å²) in [5.41, 5.74) is 4.13. The molecule has 0 saturated heterocycles. The fraction of sp³-hybridized carbons (Fsp3) is 0.806. The van der Waals surface area contributed by atoms with Crippen LogP contribution in [0.5, 0.6) is 0 Å². The van der Waals surface area contributed by atoms with Crippen LogP contribution in [0.4, 0.5) is 0 Å². The van der Waals surface area contributed by atoms with E-state index in [1.165, 1.54) is 113 Å². The molecule has 0 radical (unpaired) electrons. The summed E-state index contributed by atoms with van der Waals surface area (Å²) < 4.78 is 0. The third-order valence-electron chi connectivity index (χ3n) is 8.72. The zero-order valence-corrected chi connectivity index (χ0v) is 22.7. The molecule has 0 unspecified atom stereocenters. The summed E-state index contributed by atoms with van der Waals surface area (Å²) in [6.45, 7) is 9.34. The maximum atomic E-state index is 5.64. The Morgan fingerprint density at radius 1 is 0.676 bits per heavy atom. The summed E-state index contributed by atoms with van der Waals surface area (Å²) in [5.74, 6) is 2.10. The van der Waals surface area contributed by atoms with Crippen LogP contribution in [0.25, 0.3) is 0 Å². The molecule has 0 aliphatic heterocycles. The van der Waals surface area contributed by atoms with Crippen LogP contribution in [0.3, 0.4) is 0 Å². The Morgan fingerprint density at radius 3 is 1.56 bits per heavy atom. The van der Waals surface area contributed by atoms with Gasteiger partial charge in [-0.15, -0.1) is 0 Å². The molecule has 0 amide bonds. The van der Waals surface area contributed by atoms with Crippen molar-refractivity contribution in [3.05, 3.63) is 23.3 Å². The van der Waals surface area contributed by atoms with Crippen molar-refractivity contribution in [1.29, 1.82) is 0 Å². The molecular formula is C31H51N3. The number of nitrogens with zero attached hydrogens (tertiary/aromatic N) is 3. The predicted octanol–water partition coefficient (Wildman–Crippen LogP) is 8.65. The molecule has 4 rings (SSSR count). The summed E-state index contributed by atoms with van der Waals surface area (Å²) >= 11 is 0. The van der Waals surface area contributed by atoms with Crippen LogP contribution in [-0.4, -0.2) is 34.7 Å². The fourth-order valence-corrected chi connectivity index (χ4v) is 6.79. The van der Waals surface area contributed by atoms with Crippen molar-refractivity contribution in [2.24, 2.45) is 21.8 Å². The summed E-state index contributed by atoms with van der Waals surface area (Å²) in [7, 11) is 0. The molecule has 190 valence electrons. The molecule has 0 aromatic heterocycles. The van der Waals surface area contributed by atoms with E-state index < -0.39 is 0 Å². The van der Waals surface area contributed by atoms with Crippen molar-refractivity contribution in [2.75, 3.05) is 0 Å². The lowest BCUT2D eigenvalue weighted by molar-refractivity contribution is 0.155. The highest BCUT2D eigenvalue weighted by Crippen LogP contribution is 2.33. The first kappa shape index (κ1) is 25.7. The van der Waals surface area contributed by atoms with E-state index in [4.69, 9.17) is 9.98 Å². The molecule has 0 N–H and O–H groups in total. The van der Waals surface area contributed by atoms with Crippen LogP contribution < -0.4 is 0 Å². The highest BCUT2D eigenvalue weighted by atomic mass is 15.3. The SMILES string of the molecule is CC(C)C1=CCC=C(C(C)C)C1=NC(=NC1CCCCC1)N(C1CCCCC1)C1CCCCC1. The number of aliphatic imine (C=N–C) groups is 2. The average Bonchev–Trinajstić information content (AvgIpc) is 2.86. The monoisotopic (exact) mass is 465 g/mol. The van der Waals surface area contributed by atoms with Gasteiger partial charge in [-0.05, 0) is 67.9 Å². The normalized spacial score (nSPS) is 24.4. The van der Waals surface area contributed by atoms with E-state index in [-0.39, 0.29) is 0 Å². The van der Waals surface area contributed by atoms with Crippen LogP contribution in [0.1, 0.15) is 130 Å². The fourth-order valence-electron chi connectivity index (χ4n) is 6.79. The van der Waals surface area contributed by atoms with E-state index in [9.17, 15) is 0 Å². The van der Waals surface area contributed by atoms with Gasteiger partial charge in [0.05, 0.1) is 11.8 Å². The number of hydrogen-bond donors (Lipinski definition) is 0. The van der Waals surface area contributed by atoms with Gasteiger partial charge in [-0.1, -0.05) is 97.6 Å². The third kappa shape index (κ3) is 6.43. The Balaban J connectivity index is 1.79. The molecule has 3 saturated carbocycles. The summed E-state index contributed by atoms with van der Waals surface area (Å²) in [6.07, 6.45) is 26.0. The van der Waals surface area contributed by atoms with E-state index in [0.717, 1.165) is 12.4 Å². The lowest BCUT2D eigenvalue weighted by Gasteiger charge is -2.43. The first-order valence-corrected chi connectivity index (χ1v) is 14.9.